The van der Waals surface area contributed by atoms with E-state index in [1.165, 1.54) is 270 Å². The Kier molecular flexibility index (Phi) is 73.7. The smallest absolute Gasteiger partial charge is 0.462 e. The zero-order valence-electron chi connectivity index (χ0n) is 63.9. The van der Waals surface area contributed by atoms with Gasteiger partial charge in [0.15, 0.2) is 6.10 Å². The third-order valence-corrected chi connectivity index (χ3v) is 19.1. The monoisotopic (exact) mass is 1360 g/mol. The number of phosphoric ester groups is 1. The Morgan fingerprint density at radius 3 is 0.885 bits per heavy atom. The summed E-state index contributed by atoms with van der Waals surface area (Å²) in [7, 11) is 1.48. The van der Waals surface area contributed by atoms with E-state index in [1.54, 1.807) is 0 Å². The van der Waals surface area contributed by atoms with Gasteiger partial charge >= 0.3 is 19.8 Å². The number of phosphoric acid groups is 1. The van der Waals surface area contributed by atoms with Crippen molar-refractivity contribution >= 4 is 19.8 Å². The van der Waals surface area contributed by atoms with Gasteiger partial charge in [0.25, 0.3) is 0 Å². The topological polar surface area (TPSA) is 108 Å². The zero-order valence-corrected chi connectivity index (χ0v) is 64.7. The minimum Gasteiger partial charge on any atom is -0.462 e. The van der Waals surface area contributed by atoms with Gasteiger partial charge in [0, 0.05) is 12.8 Å². The summed E-state index contributed by atoms with van der Waals surface area (Å²) < 4.78 is 34.8. The quantitative estimate of drug-likeness (QED) is 0.0211. The van der Waals surface area contributed by atoms with E-state index in [4.69, 9.17) is 18.5 Å². The second-order valence-corrected chi connectivity index (χ2v) is 30.2. The van der Waals surface area contributed by atoms with Crippen LogP contribution in [0.15, 0.2) is 97.2 Å². The molecule has 0 amide bonds. The highest BCUT2D eigenvalue weighted by molar-refractivity contribution is 7.47. The number of carbonyl (C=O) groups excluding carboxylic acids is 2. The van der Waals surface area contributed by atoms with Gasteiger partial charge in [-0.05, 0) is 96.3 Å². The fraction of sp³-hybridized carbons (Fsp3) is 0.791. The molecule has 0 saturated carbocycles. The van der Waals surface area contributed by atoms with Gasteiger partial charge in [-0.15, -0.1) is 0 Å². The fourth-order valence-corrected chi connectivity index (χ4v) is 12.6. The number of unbranched alkanes of at least 4 members (excludes halogenated alkanes) is 46. The van der Waals surface area contributed by atoms with E-state index in [0.29, 0.717) is 23.9 Å². The van der Waals surface area contributed by atoms with Gasteiger partial charge < -0.3 is 18.9 Å². The van der Waals surface area contributed by atoms with Crippen molar-refractivity contribution in [3.05, 3.63) is 97.2 Å². The highest BCUT2D eigenvalue weighted by Gasteiger charge is 2.27. The number of ether oxygens (including phenoxy) is 2. The molecule has 0 bridgehead atoms. The first-order chi connectivity index (χ1) is 47.0. The Bertz CT molecular complexity index is 1940. The predicted octanol–water partition coefficient (Wildman–Crippen LogP) is 27.4. The van der Waals surface area contributed by atoms with Gasteiger partial charge in [0.05, 0.1) is 27.7 Å². The van der Waals surface area contributed by atoms with Crippen molar-refractivity contribution < 1.29 is 42.1 Å². The maximum Gasteiger partial charge on any atom is 0.472 e. The molecule has 558 valence electrons. The first-order valence-electron chi connectivity index (χ1n) is 41.0. The molecule has 96 heavy (non-hydrogen) atoms. The van der Waals surface area contributed by atoms with Crippen LogP contribution >= 0.6 is 7.82 Å². The Balaban J connectivity index is 3.91. The van der Waals surface area contributed by atoms with E-state index in [9.17, 15) is 19.0 Å². The summed E-state index contributed by atoms with van der Waals surface area (Å²) in [5, 5.41) is 0. The van der Waals surface area contributed by atoms with Gasteiger partial charge in [-0.1, -0.05) is 374 Å². The van der Waals surface area contributed by atoms with Gasteiger partial charge in [0.2, 0.25) is 0 Å². The Morgan fingerprint density at radius 2 is 0.594 bits per heavy atom. The summed E-state index contributed by atoms with van der Waals surface area (Å²) in [4.78, 5) is 36.0. The molecule has 0 heterocycles. The van der Waals surface area contributed by atoms with Crippen LogP contribution < -0.4 is 0 Å². The number of carbonyl (C=O) groups is 2. The molecule has 9 nitrogen and oxygen atoms in total. The number of hydrogen-bond donors (Lipinski definition) is 1. The van der Waals surface area contributed by atoms with Crippen molar-refractivity contribution in [3.8, 4) is 0 Å². The molecular weight excluding hydrogens is 1210 g/mol. The third kappa shape index (κ3) is 79.9. The van der Waals surface area contributed by atoms with Crippen molar-refractivity contribution in [2.45, 2.75) is 392 Å². The van der Waals surface area contributed by atoms with E-state index >= 15 is 0 Å². The summed E-state index contributed by atoms with van der Waals surface area (Å²) in [6.45, 7) is 4.36. The lowest BCUT2D eigenvalue weighted by molar-refractivity contribution is -0.870. The van der Waals surface area contributed by atoms with Crippen LogP contribution in [0.3, 0.4) is 0 Å². The maximum atomic E-state index is 12.9. The first kappa shape index (κ1) is 92.9. The molecule has 0 aliphatic heterocycles. The first-order valence-corrected chi connectivity index (χ1v) is 42.5. The number of rotatable bonds is 76. The molecule has 0 spiro atoms. The molecule has 0 aromatic heterocycles. The normalized spacial score (nSPS) is 13.5. The molecule has 0 aliphatic carbocycles. The van der Waals surface area contributed by atoms with Gasteiger partial charge in [-0.3, -0.25) is 18.6 Å². The van der Waals surface area contributed by atoms with Crippen LogP contribution in [0.25, 0.3) is 0 Å². The van der Waals surface area contributed by atoms with E-state index in [0.717, 1.165) is 83.5 Å². The van der Waals surface area contributed by atoms with E-state index < -0.39 is 26.5 Å². The Labute approximate surface area is 595 Å². The van der Waals surface area contributed by atoms with Crippen LogP contribution in [0.4, 0.5) is 0 Å². The van der Waals surface area contributed by atoms with Crippen LogP contribution in [-0.4, -0.2) is 74.9 Å². The number of hydrogen-bond acceptors (Lipinski definition) is 7. The van der Waals surface area contributed by atoms with Crippen molar-refractivity contribution in [1.29, 1.82) is 0 Å². The Hall–Kier alpha value is -3.07. The number of esters is 2. The highest BCUT2D eigenvalue weighted by Crippen LogP contribution is 2.43. The summed E-state index contributed by atoms with van der Waals surface area (Å²) in [6, 6.07) is 0. The second-order valence-electron chi connectivity index (χ2n) is 28.8. The molecule has 10 heteroatoms. The zero-order chi connectivity index (χ0) is 69.7. The average Bonchev–Trinajstić information content (AvgIpc) is 1.97. The second kappa shape index (κ2) is 76.1. The molecular formula is C86H157NO8P+. The van der Waals surface area contributed by atoms with Crippen LogP contribution in [0.1, 0.15) is 386 Å². The number of quaternary nitrogens is 1. The SMILES string of the molecule is CC/C=C\C/C=C\C/C=C\C/C=C\C/C=C\C/C=C\CCCCCCCCCCCCCCC(=O)OC(COC(=O)CCCCCCCCCCCCCCCCCCCCCCCCCCCCCCC/C=C\C/C=C\CCCCCCC)COP(=O)(O)OCC[N+](C)(C)C. The van der Waals surface area contributed by atoms with Crippen molar-refractivity contribution in [2.24, 2.45) is 0 Å². The van der Waals surface area contributed by atoms with Crippen molar-refractivity contribution in [3.63, 3.8) is 0 Å². The lowest BCUT2D eigenvalue weighted by Gasteiger charge is -2.24. The standard InChI is InChI=1S/C86H156NO8P/c1-6-8-10-12-14-16-18-20-22-24-26-28-30-32-34-36-38-39-40-41-42-43-44-45-46-47-49-50-52-54-56-58-60-62-64-66-68-70-72-74-76-78-85(88)92-82-84(83-94-96(90,91)93-81-80-87(3,4)5)95-86(89)79-77-75-73-71-69-67-65-63-61-59-57-55-53-51-48-37-35-33-31-29-27-25-23-21-19-17-15-13-11-9-7-2/h9,11,15,17-18,20-21,23-24,26-27,29,33,35,48,51,84H,6-8,10,12-14,16,19,22,25,28,30-32,34,36-47,49-50,52-83H2,1-5H3/p+1/b11-9-,17-15-,20-18-,23-21-,26-24-,29-27-,35-33-,51-48-. The molecule has 0 aromatic rings. The molecule has 2 unspecified atom stereocenters. The summed E-state index contributed by atoms with van der Waals surface area (Å²) >= 11 is 0. The third-order valence-electron chi connectivity index (χ3n) is 18.1. The van der Waals surface area contributed by atoms with Crippen LogP contribution in [0.5, 0.6) is 0 Å². The number of allylic oxidation sites excluding steroid dienone is 16. The molecule has 0 aromatic carbocycles. The summed E-state index contributed by atoms with van der Waals surface area (Å²) in [5.74, 6) is -0.785. The molecule has 0 saturated heterocycles. The molecule has 1 N–H and O–H groups in total. The largest absolute Gasteiger partial charge is 0.472 e. The minimum atomic E-state index is -4.40. The van der Waals surface area contributed by atoms with Gasteiger partial charge in [-0.25, -0.2) is 4.57 Å². The maximum absolute atomic E-state index is 12.9. The van der Waals surface area contributed by atoms with Crippen LogP contribution in [-0.2, 0) is 32.7 Å². The van der Waals surface area contributed by atoms with Gasteiger partial charge in [-0.2, -0.15) is 0 Å². The molecule has 0 rings (SSSR count). The van der Waals surface area contributed by atoms with Gasteiger partial charge in [0.1, 0.15) is 19.8 Å². The van der Waals surface area contributed by atoms with Crippen LogP contribution in [0, 0.1) is 0 Å². The van der Waals surface area contributed by atoms with E-state index in [2.05, 4.69) is 111 Å². The average molecular weight is 1360 g/mol. The van der Waals surface area contributed by atoms with E-state index in [1.807, 2.05) is 21.1 Å². The van der Waals surface area contributed by atoms with Crippen molar-refractivity contribution in [2.75, 3.05) is 47.5 Å². The lowest BCUT2D eigenvalue weighted by atomic mass is 10.0. The summed E-state index contributed by atoms with van der Waals surface area (Å²) in [6.07, 6.45) is 107. The van der Waals surface area contributed by atoms with Crippen molar-refractivity contribution in [1.82, 2.24) is 0 Å². The lowest BCUT2D eigenvalue weighted by Crippen LogP contribution is -2.37. The number of nitrogens with zero attached hydrogens (tertiary/aromatic N) is 1. The number of likely N-dealkylation sites (N-methyl/N-ethyl adjacent to an activating group) is 1. The molecule has 0 radical (unpaired) electrons. The molecule has 0 aliphatic rings. The van der Waals surface area contributed by atoms with Crippen LogP contribution in [0.2, 0.25) is 0 Å². The Morgan fingerprint density at radius 1 is 0.333 bits per heavy atom. The minimum absolute atomic E-state index is 0.0300. The molecule has 0 fully saturated rings. The summed E-state index contributed by atoms with van der Waals surface area (Å²) in [5.41, 5.74) is 0. The van der Waals surface area contributed by atoms with E-state index in [-0.39, 0.29) is 25.6 Å². The fourth-order valence-electron chi connectivity index (χ4n) is 11.9. The highest BCUT2D eigenvalue weighted by atomic mass is 31.2. The molecule has 2 atom stereocenters. The predicted molar refractivity (Wildman–Crippen MR) is 418 cm³/mol.